The van der Waals surface area contributed by atoms with E-state index in [2.05, 4.69) is 10.6 Å². The summed E-state index contributed by atoms with van der Waals surface area (Å²) in [5.74, 6) is -0.431. The van der Waals surface area contributed by atoms with E-state index in [1.165, 1.54) is 30.0 Å². The van der Waals surface area contributed by atoms with Crippen molar-refractivity contribution in [1.29, 1.82) is 0 Å². The molecule has 1 aliphatic heterocycles. The lowest BCUT2D eigenvalue weighted by Crippen LogP contribution is -2.34. The molecule has 1 aliphatic rings. The summed E-state index contributed by atoms with van der Waals surface area (Å²) < 4.78 is 10.8. The van der Waals surface area contributed by atoms with Crippen LogP contribution in [0.1, 0.15) is 48.0 Å². The number of ether oxygens (including phenoxy) is 2. The van der Waals surface area contributed by atoms with Crippen molar-refractivity contribution < 1.29 is 28.7 Å². The average molecular weight is 596 g/mol. The Morgan fingerprint density at radius 3 is 2.54 bits per heavy atom. The van der Waals surface area contributed by atoms with Gasteiger partial charge in [-0.2, -0.15) is 0 Å². The average Bonchev–Trinajstić information content (AvgIpc) is 3.32. The van der Waals surface area contributed by atoms with Crippen molar-refractivity contribution in [2.45, 2.75) is 50.3 Å². The minimum absolute atomic E-state index is 0.0306. The van der Waals surface area contributed by atoms with Gasteiger partial charge in [0.1, 0.15) is 10.8 Å². The predicted octanol–water partition coefficient (Wildman–Crippen LogP) is 5.36. The van der Waals surface area contributed by atoms with Gasteiger partial charge in [0.05, 0.1) is 24.0 Å². The second-order valence-electron chi connectivity index (χ2n) is 9.30. The van der Waals surface area contributed by atoms with Gasteiger partial charge < -0.3 is 25.0 Å². The fourth-order valence-corrected chi connectivity index (χ4v) is 6.64. The molecule has 3 amide bonds. The molecule has 0 spiro atoms. The van der Waals surface area contributed by atoms with Gasteiger partial charge in [-0.15, -0.1) is 23.1 Å². The lowest BCUT2D eigenvalue weighted by atomic mass is 10.0. The molecule has 1 aromatic heterocycles. The number of amides is 3. The van der Waals surface area contributed by atoms with E-state index in [1.807, 2.05) is 43.3 Å². The number of esters is 1. The summed E-state index contributed by atoms with van der Waals surface area (Å²) in [7, 11) is 0. The van der Waals surface area contributed by atoms with E-state index in [4.69, 9.17) is 9.47 Å². The van der Waals surface area contributed by atoms with E-state index >= 15 is 0 Å². The highest BCUT2D eigenvalue weighted by Gasteiger charge is 2.31. The number of rotatable bonds is 11. The maximum absolute atomic E-state index is 13.4. The third-order valence-electron chi connectivity index (χ3n) is 6.39. The number of para-hydroxylation sites is 1. The van der Waals surface area contributed by atoms with Crippen LogP contribution in [0.15, 0.2) is 59.5 Å². The summed E-state index contributed by atoms with van der Waals surface area (Å²) >= 11 is 2.69. The second-order valence-corrected chi connectivity index (χ2v) is 11.7. The largest absolute Gasteiger partial charge is 0.484 e. The molecule has 0 saturated heterocycles. The monoisotopic (exact) mass is 595 g/mol. The molecule has 2 aromatic carbocycles. The highest BCUT2D eigenvalue weighted by atomic mass is 32.2. The van der Waals surface area contributed by atoms with Crippen LogP contribution in [0, 0.1) is 0 Å². The SMILES string of the molecule is CCOC(=O)c1c(NC(=O)C(CC)Sc2cccc(NC(=O)COc3ccccc3)c2)sc2c1CCN(C(C)=O)C2. The molecule has 0 saturated carbocycles. The molecule has 41 heavy (non-hydrogen) atoms. The third kappa shape index (κ3) is 7.89. The minimum Gasteiger partial charge on any atom is -0.484 e. The van der Waals surface area contributed by atoms with Gasteiger partial charge in [-0.05, 0) is 55.7 Å². The van der Waals surface area contributed by atoms with E-state index < -0.39 is 11.2 Å². The number of hydrogen-bond acceptors (Lipinski definition) is 8. The van der Waals surface area contributed by atoms with Gasteiger partial charge in [0.2, 0.25) is 11.8 Å². The molecule has 3 aromatic rings. The summed E-state index contributed by atoms with van der Waals surface area (Å²) in [6, 6.07) is 16.4. The van der Waals surface area contributed by atoms with Gasteiger partial charge in [0.25, 0.3) is 5.91 Å². The molecule has 0 aliphatic carbocycles. The van der Waals surface area contributed by atoms with Crippen molar-refractivity contribution in [3.63, 3.8) is 0 Å². The van der Waals surface area contributed by atoms with E-state index in [0.717, 1.165) is 15.3 Å². The Morgan fingerprint density at radius 2 is 1.83 bits per heavy atom. The number of carbonyl (C=O) groups excluding carboxylic acids is 4. The minimum atomic E-state index is -0.475. The first kappa shape index (κ1) is 30.1. The molecule has 1 atom stereocenters. The van der Waals surface area contributed by atoms with E-state index in [9.17, 15) is 19.2 Å². The summed E-state index contributed by atoms with van der Waals surface area (Å²) in [6.07, 6.45) is 1.06. The molecular formula is C30H33N3O6S2. The van der Waals surface area contributed by atoms with Crippen molar-refractivity contribution in [3.05, 3.63) is 70.6 Å². The van der Waals surface area contributed by atoms with Gasteiger partial charge in [-0.1, -0.05) is 31.2 Å². The van der Waals surface area contributed by atoms with Crippen LogP contribution in [0.2, 0.25) is 0 Å². The van der Waals surface area contributed by atoms with Crippen LogP contribution in [0.3, 0.4) is 0 Å². The number of hydrogen-bond donors (Lipinski definition) is 2. The first-order valence-electron chi connectivity index (χ1n) is 13.4. The molecule has 216 valence electrons. The first-order chi connectivity index (χ1) is 19.8. The van der Waals surface area contributed by atoms with Crippen molar-refractivity contribution in [1.82, 2.24) is 4.90 Å². The summed E-state index contributed by atoms with van der Waals surface area (Å²) in [5.41, 5.74) is 1.81. The van der Waals surface area contributed by atoms with Crippen molar-refractivity contribution >= 4 is 57.5 Å². The number of thioether (sulfide) groups is 1. The standard InChI is InChI=1S/C30H33N3O6S2/c1-4-24(40-22-13-9-10-20(16-22)31-26(35)18-39-21-11-7-6-8-12-21)28(36)32-29-27(30(37)38-5-2)23-14-15-33(19(3)34)17-25(23)41-29/h6-13,16,24H,4-5,14-15,17-18H2,1-3H3,(H,31,35)(H,32,36). The Bertz CT molecular complexity index is 1410. The van der Waals surface area contributed by atoms with Crippen LogP contribution in [-0.2, 0) is 32.1 Å². The van der Waals surface area contributed by atoms with Crippen molar-refractivity contribution in [3.8, 4) is 5.75 Å². The Labute approximate surface area is 247 Å². The molecule has 0 radical (unpaired) electrons. The molecule has 0 bridgehead atoms. The molecule has 4 rings (SSSR count). The summed E-state index contributed by atoms with van der Waals surface area (Å²) in [5, 5.41) is 5.79. The molecule has 1 unspecified atom stereocenters. The predicted molar refractivity (Wildman–Crippen MR) is 161 cm³/mol. The lowest BCUT2D eigenvalue weighted by molar-refractivity contribution is -0.129. The zero-order chi connectivity index (χ0) is 29.4. The maximum Gasteiger partial charge on any atom is 0.341 e. The highest BCUT2D eigenvalue weighted by Crippen LogP contribution is 2.38. The Balaban J connectivity index is 1.43. The van der Waals surface area contributed by atoms with Gasteiger partial charge in [-0.3, -0.25) is 14.4 Å². The number of fused-ring (bicyclic) bond motifs is 1. The fraction of sp³-hybridized carbons (Fsp3) is 0.333. The first-order valence-corrected chi connectivity index (χ1v) is 15.1. The summed E-state index contributed by atoms with van der Waals surface area (Å²) in [4.78, 5) is 54.0. The fourth-order valence-electron chi connectivity index (χ4n) is 4.37. The molecule has 0 fully saturated rings. The van der Waals surface area contributed by atoms with Gasteiger partial charge in [0.15, 0.2) is 6.61 Å². The topological polar surface area (TPSA) is 114 Å². The summed E-state index contributed by atoms with van der Waals surface area (Å²) in [6.45, 7) is 6.18. The molecule has 2 heterocycles. The van der Waals surface area contributed by atoms with Crippen LogP contribution in [-0.4, -0.2) is 53.6 Å². The zero-order valence-electron chi connectivity index (χ0n) is 23.2. The maximum atomic E-state index is 13.4. The van der Waals surface area contributed by atoms with Gasteiger partial charge in [0, 0.05) is 28.9 Å². The van der Waals surface area contributed by atoms with Crippen LogP contribution in [0.25, 0.3) is 0 Å². The van der Waals surface area contributed by atoms with Crippen LogP contribution in [0.4, 0.5) is 10.7 Å². The number of nitrogens with one attached hydrogen (secondary N) is 2. The van der Waals surface area contributed by atoms with E-state index in [1.54, 1.807) is 30.0 Å². The van der Waals surface area contributed by atoms with Crippen LogP contribution in [0.5, 0.6) is 5.75 Å². The molecule has 11 heteroatoms. The number of benzene rings is 2. The Hall–Kier alpha value is -3.83. The molecule has 9 nitrogen and oxygen atoms in total. The number of thiophene rings is 1. The van der Waals surface area contributed by atoms with E-state index in [0.29, 0.717) is 47.9 Å². The number of nitrogens with zero attached hydrogens (tertiary/aromatic N) is 1. The van der Waals surface area contributed by atoms with Gasteiger partial charge in [-0.25, -0.2) is 4.79 Å². The lowest BCUT2D eigenvalue weighted by Gasteiger charge is -2.25. The number of carbonyl (C=O) groups is 4. The molecular weight excluding hydrogens is 562 g/mol. The normalized spacial score (nSPS) is 13.1. The van der Waals surface area contributed by atoms with E-state index in [-0.39, 0.29) is 30.9 Å². The zero-order valence-corrected chi connectivity index (χ0v) is 24.9. The second kappa shape index (κ2) is 14.2. The van der Waals surface area contributed by atoms with Crippen molar-refractivity contribution in [2.75, 3.05) is 30.4 Å². The third-order valence-corrected chi connectivity index (χ3v) is 8.88. The Morgan fingerprint density at radius 1 is 1.05 bits per heavy atom. The van der Waals surface area contributed by atoms with Crippen LogP contribution >= 0.6 is 23.1 Å². The molecule has 2 N–H and O–H groups in total. The smallest absolute Gasteiger partial charge is 0.341 e. The van der Waals surface area contributed by atoms with Crippen molar-refractivity contribution in [2.24, 2.45) is 0 Å². The quantitative estimate of drug-likeness (QED) is 0.227. The van der Waals surface area contributed by atoms with Crippen LogP contribution < -0.4 is 15.4 Å². The highest BCUT2D eigenvalue weighted by molar-refractivity contribution is 8.00. The Kier molecular flexibility index (Phi) is 10.4. The van der Waals surface area contributed by atoms with Gasteiger partial charge >= 0.3 is 5.97 Å². The number of anilines is 2.